The number of halogens is 1. The van der Waals surface area contributed by atoms with E-state index in [1.54, 1.807) is 0 Å². The maximum absolute atomic E-state index is 12.8. The van der Waals surface area contributed by atoms with Gasteiger partial charge in [-0.25, -0.2) is 0 Å². The first-order valence-corrected chi connectivity index (χ1v) is 7.74. The van der Waals surface area contributed by atoms with Crippen LogP contribution >= 0.6 is 12.4 Å². The number of hydrogen-bond donors (Lipinski definition) is 2. The molecule has 21 heavy (non-hydrogen) atoms. The Bertz CT molecular complexity index is 515. The van der Waals surface area contributed by atoms with Gasteiger partial charge in [-0.15, -0.1) is 12.4 Å². The number of carbonyl (C=O) groups excluding carboxylic acids is 1. The third kappa shape index (κ3) is 3.09. The number of amides is 1. The summed E-state index contributed by atoms with van der Waals surface area (Å²) in [7, 11) is 0. The molecule has 1 aromatic carbocycles. The van der Waals surface area contributed by atoms with Gasteiger partial charge in [0.1, 0.15) is 0 Å². The highest BCUT2D eigenvalue weighted by Crippen LogP contribution is 2.38. The lowest BCUT2D eigenvalue weighted by atomic mass is 9.70. The van der Waals surface area contributed by atoms with Gasteiger partial charge in [0.05, 0.1) is 5.41 Å². The van der Waals surface area contributed by atoms with Crippen LogP contribution in [0.25, 0.3) is 0 Å². The molecule has 3 nitrogen and oxygen atoms in total. The first-order chi connectivity index (χ1) is 9.65. The second-order valence-corrected chi connectivity index (χ2v) is 6.50. The predicted molar refractivity (Wildman–Crippen MR) is 87.7 cm³/mol. The van der Waals surface area contributed by atoms with E-state index in [0.717, 1.165) is 19.3 Å². The van der Waals surface area contributed by atoms with Crippen molar-refractivity contribution in [2.24, 2.45) is 11.7 Å². The molecule has 1 fully saturated rings. The summed E-state index contributed by atoms with van der Waals surface area (Å²) in [6.45, 7) is 2.63. The summed E-state index contributed by atoms with van der Waals surface area (Å²) in [5.41, 5.74) is 7.95. The molecular formula is C17H25ClN2O. The molecule has 2 aliphatic carbocycles. The van der Waals surface area contributed by atoms with Crippen LogP contribution in [0.15, 0.2) is 24.3 Å². The van der Waals surface area contributed by atoms with Gasteiger partial charge < -0.3 is 11.1 Å². The van der Waals surface area contributed by atoms with Gasteiger partial charge in [0.25, 0.3) is 0 Å². The molecule has 1 amide bonds. The minimum Gasteiger partial charge on any atom is -0.351 e. The van der Waals surface area contributed by atoms with Crippen LogP contribution in [0.3, 0.4) is 0 Å². The molecule has 0 heterocycles. The monoisotopic (exact) mass is 308 g/mol. The first-order valence-electron chi connectivity index (χ1n) is 7.74. The number of aryl methyl sites for hydroxylation is 1. The molecule has 0 aliphatic heterocycles. The van der Waals surface area contributed by atoms with Crippen molar-refractivity contribution in [1.82, 2.24) is 5.32 Å². The Labute approximate surface area is 133 Å². The molecule has 4 heteroatoms. The zero-order valence-electron chi connectivity index (χ0n) is 12.6. The lowest BCUT2D eigenvalue weighted by molar-refractivity contribution is -0.127. The Kier molecular flexibility index (Phi) is 4.95. The molecule has 0 spiro atoms. The average molecular weight is 309 g/mol. The fourth-order valence-electron chi connectivity index (χ4n) is 3.47. The molecule has 0 bridgehead atoms. The van der Waals surface area contributed by atoms with Crippen LogP contribution in [-0.2, 0) is 16.6 Å². The minimum atomic E-state index is -0.392. The fraction of sp³-hybridized carbons (Fsp3) is 0.588. The summed E-state index contributed by atoms with van der Waals surface area (Å²) < 4.78 is 0. The summed E-state index contributed by atoms with van der Waals surface area (Å²) in [6.07, 6.45) is 5.50. The Morgan fingerprint density at radius 1 is 1.43 bits per heavy atom. The van der Waals surface area contributed by atoms with Gasteiger partial charge in [0.2, 0.25) is 5.91 Å². The minimum absolute atomic E-state index is 0. The van der Waals surface area contributed by atoms with Crippen molar-refractivity contribution in [3.05, 3.63) is 35.4 Å². The molecule has 3 rings (SSSR count). The smallest absolute Gasteiger partial charge is 0.230 e. The van der Waals surface area contributed by atoms with Gasteiger partial charge in [-0.05, 0) is 56.1 Å². The standard InChI is InChI=1S/C17H24N2O.ClH/c1-17(16(20)19-15(11-18)13-8-9-13)10-4-6-12-5-2-3-7-14(12)17;/h2-3,5,7,13,15H,4,6,8-11,18H2,1H3,(H,19,20);1H. The maximum atomic E-state index is 12.8. The predicted octanol–water partition coefficient (Wildman–Crippen LogP) is 2.56. The molecule has 2 aliphatic rings. The van der Waals surface area contributed by atoms with Gasteiger partial charge in [-0.2, -0.15) is 0 Å². The van der Waals surface area contributed by atoms with E-state index in [2.05, 4.69) is 30.4 Å². The summed E-state index contributed by atoms with van der Waals surface area (Å²) >= 11 is 0. The van der Waals surface area contributed by atoms with E-state index in [4.69, 9.17) is 5.73 Å². The Morgan fingerprint density at radius 2 is 2.14 bits per heavy atom. The molecule has 3 N–H and O–H groups in total. The molecule has 2 unspecified atom stereocenters. The van der Waals surface area contributed by atoms with Crippen LogP contribution in [0.4, 0.5) is 0 Å². The first kappa shape index (κ1) is 16.3. The van der Waals surface area contributed by atoms with Crippen LogP contribution in [0, 0.1) is 5.92 Å². The van der Waals surface area contributed by atoms with Crippen LogP contribution in [0.5, 0.6) is 0 Å². The molecule has 0 saturated heterocycles. The van der Waals surface area contributed by atoms with Gasteiger partial charge in [0, 0.05) is 12.6 Å². The van der Waals surface area contributed by atoms with Crippen molar-refractivity contribution >= 4 is 18.3 Å². The quantitative estimate of drug-likeness (QED) is 0.898. The third-order valence-corrected chi connectivity index (χ3v) is 5.00. The van der Waals surface area contributed by atoms with E-state index in [1.807, 2.05) is 6.07 Å². The number of fused-ring (bicyclic) bond motifs is 1. The van der Waals surface area contributed by atoms with Crippen LogP contribution in [0.2, 0.25) is 0 Å². The molecule has 2 atom stereocenters. The SMILES string of the molecule is CC1(C(=O)NC(CN)C2CC2)CCCc2ccccc21.Cl. The van der Waals surface area contributed by atoms with E-state index < -0.39 is 5.41 Å². The van der Waals surface area contributed by atoms with Crippen molar-refractivity contribution < 1.29 is 4.79 Å². The van der Waals surface area contributed by atoms with Crippen molar-refractivity contribution in [2.75, 3.05) is 6.54 Å². The largest absolute Gasteiger partial charge is 0.351 e. The highest BCUT2D eigenvalue weighted by Gasteiger charge is 2.41. The summed E-state index contributed by atoms with van der Waals surface area (Å²) in [4.78, 5) is 12.8. The van der Waals surface area contributed by atoms with E-state index in [9.17, 15) is 4.79 Å². The summed E-state index contributed by atoms with van der Waals surface area (Å²) in [5.74, 6) is 0.762. The molecule has 1 aromatic rings. The number of carbonyl (C=O) groups is 1. The average Bonchev–Trinajstić information content (AvgIpc) is 3.29. The molecule has 0 aromatic heterocycles. The van der Waals surface area contributed by atoms with Crippen molar-refractivity contribution in [2.45, 2.75) is 50.5 Å². The van der Waals surface area contributed by atoms with Crippen LogP contribution in [0.1, 0.15) is 43.7 Å². The Balaban J connectivity index is 0.00000161. The summed E-state index contributed by atoms with van der Waals surface area (Å²) in [5, 5.41) is 3.22. The lowest BCUT2D eigenvalue weighted by Crippen LogP contribution is -2.51. The van der Waals surface area contributed by atoms with E-state index >= 15 is 0 Å². The second kappa shape index (κ2) is 6.37. The highest BCUT2D eigenvalue weighted by molar-refractivity contribution is 5.88. The van der Waals surface area contributed by atoms with Gasteiger partial charge in [0.15, 0.2) is 0 Å². The highest BCUT2D eigenvalue weighted by atomic mass is 35.5. The van der Waals surface area contributed by atoms with Crippen molar-refractivity contribution in [3.63, 3.8) is 0 Å². The lowest BCUT2D eigenvalue weighted by Gasteiger charge is -2.36. The topological polar surface area (TPSA) is 55.1 Å². The van der Waals surface area contributed by atoms with Crippen molar-refractivity contribution in [3.8, 4) is 0 Å². The van der Waals surface area contributed by atoms with E-state index in [1.165, 1.54) is 24.0 Å². The number of nitrogens with two attached hydrogens (primary N) is 1. The van der Waals surface area contributed by atoms with Gasteiger partial charge in [-0.3, -0.25) is 4.79 Å². The van der Waals surface area contributed by atoms with Crippen LogP contribution in [-0.4, -0.2) is 18.5 Å². The fourth-order valence-corrected chi connectivity index (χ4v) is 3.47. The van der Waals surface area contributed by atoms with Gasteiger partial charge in [-0.1, -0.05) is 24.3 Å². The van der Waals surface area contributed by atoms with E-state index in [0.29, 0.717) is 12.5 Å². The molecule has 1 saturated carbocycles. The molecule has 116 valence electrons. The van der Waals surface area contributed by atoms with E-state index in [-0.39, 0.29) is 24.4 Å². The zero-order valence-corrected chi connectivity index (χ0v) is 13.4. The third-order valence-electron chi connectivity index (χ3n) is 5.00. The zero-order chi connectivity index (χ0) is 14.2. The number of nitrogens with one attached hydrogen (secondary N) is 1. The Morgan fingerprint density at radius 3 is 2.81 bits per heavy atom. The molecule has 0 radical (unpaired) electrons. The van der Waals surface area contributed by atoms with Crippen LogP contribution < -0.4 is 11.1 Å². The summed E-state index contributed by atoms with van der Waals surface area (Å²) in [6, 6.07) is 8.53. The van der Waals surface area contributed by atoms with Gasteiger partial charge >= 0.3 is 0 Å². The Hall–Kier alpha value is -1.06. The normalized spacial score (nSPS) is 25.4. The number of benzene rings is 1. The molecular weight excluding hydrogens is 284 g/mol. The maximum Gasteiger partial charge on any atom is 0.230 e. The number of rotatable bonds is 4. The van der Waals surface area contributed by atoms with Crippen molar-refractivity contribution in [1.29, 1.82) is 0 Å². The number of hydrogen-bond acceptors (Lipinski definition) is 2. The second-order valence-electron chi connectivity index (χ2n) is 6.50.